The van der Waals surface area contributed by atoms with Crippen LogP contribution in [0.3, 0.4) is 0 Å². The van der Waals surface area contributed by atoms with Gasteiger partial charge < -0.3 is 0 Å². The first-order valence-electron chi connectivity index (χ1n) is 3.76. The highest BCUT2D eigenvalue weighted by Crippen LogP contribution is 2.15. The number of imidazole rings is 1. The van der Waals surface area contributed by atoms with Crippen LogP contribution in [-0.4, -0.2) is 9.38 Å². The number of halogens is 1. The Morgan fingerprint density at radius 3 is 3.00 bits per heavy atom. The molecular weight excluding hydrogens is 230 g/mol. The molecule has 0 saturated carbocycles. The Morgan fingerprint density at radius 1 is 1.54 bits per heavy atom. The van der Waals surface area contributed by atoms with E-state index < -0.39 is 0 Å². The van der Waals surface area contributed by atoms with Crippen molar-refractivity contribution in [1.29, 1.82) is 5.26 Å². The van der Waals surface area contributed by atoms with Crippen LogP contribution in [-0.2, 0) is 0 Å². The number of aryl methyl sites for hydroxylation is 1. The Hall–Kier alpha value is -1.34. The topological polar surface area (TPSA) is 41.1 Å². The third kappa shape index (κ3) is 1.21. The normalized spacial score (nSPS) is 10.2. The van der Waals surface area contributed by atoms with Crippen LogP contribution in [0.4, 0.5) is 0 Å². The third-order valence-electron chi connectivity index (χ3n) is 1.86. The van der Waals surface area contributed by atoms with Gasteiger partial charge in [-0.1, -0.05) is 0 Å². The van der Waals surface area contributed by atoms with E-state index in [-0.39, 0.29) is 0 Å². The van der Waals surface area contributed by atoms with E-state index in [2.05, 4.69) is 27.0 Å². The van der Waals surface area contributed by atoms with Crippen LogP contribution in [0.5, 0.6) is 0 Å². The zero-order valence-corrected chi connectivity index (χ0v) is 8.54. The molecule has 2 heterocycles. The predicted molar refractivity (Wildman–Crippen MR) is 52.3 cm³/mol. The van der Waals surface area contributed by atoms with Crippen LogP contribution in [0.25, 0.3) is 5.65 Å². The van der Waals surface area contributed by atoms with Crippen LogP contribution >= 0.6 is 15.9 Å². The standard InChI is InChI=1S/C9H6BrN3/c1-6-8(4-11)13-5-7(10)2-3-9(13)12-6/h2-3,5H,1H3. The van der Waals surface area contributed by atoms with Gasteiger partial charge >= 0.3 is 0 Å². The molecule has 2 rings (SSSR count). The molecule has 0 amide bonds. The van der Waals surface area contributed by atoms with E-state index in [4.69, 9.17) is 5.26 Å². The van der Waals surface area contributed by atoms with Gasteiger partial charge in [-0.25, -0.2) is 4.98 Å². The van der Waals surface area contributed by atoms with Crippen molar-refractivity contribution in [3.8, 4) is 6.07 Å². The van der Waals surface area contributed by atoms with E-state index >= 15 is 0 Å². The molecule has 0 fully saturated rings. The molecule has 0 atom stereocenters. The third-order valence-corrected chi connectivity index (χ3v) is 2.33. The lowest BCUT2D eigenvalue weighted by Crippen LogP contribution is -1.87. The van der Waals surface area contributed by atoms with Crippen LogP contribution in [0.1, 0.15) is 11.4 Å². The van der Waals surface area contributed by atoms with Crippen molar-refractivity contribution >= 4 is 21.6 Å². The lowest BCUT2D eigenvalue weighted by molar-refractivity contribution is 1.14. The van der Waals surface area contributed by atoms with Crippen molar-refractivity contribution in [2.45, 2.75) is 6.92 Å². The number of fused-ring (bicyclic) bond motifs is 1. The monoisotopic (exact) mass is 235 g/mol. The summed E-state index contributed by atoms with van der Waals surface area (Å²) in [5.74, 6) is 0. The zero-order valence-electron chi connectivity index (χ0n) is 6.95. The number of hydrogen-bond donors (Lipinski definition) is 0. The van der Waals surface area contributed by atoms with Gasteiger partial charge in [-0.15, -0.1) is 0 Å². The van der Waals surface area contributed by atoms with Crippen molar-refractivity contribution in [3.05, 3.63) is 34.2 Å². The summed E-state index contributed by atoms with van der Waals surface area (Å²) >= 11 is 3.35. The minimum Gasteiger partial charge on any atom is -0.290 e. The minimum absolute atomic E-state index is 0.594. The summed E-state index contributed by atoms with van der Waals surface area (Å²) in [6, 6.07) is 5.90. The molecule has 0 spiro atoms. The van der Waals surface area contributed by atoms with E-state index in [1.54, 1.807) is 4.40 Å². The largest absolute Gasteiger partial charge is 0.290 e. The first-order chi connectivity index (χ1) is 6.22. The van der Waals surface area contributed by atoms with E-state index in [0.29, 0.717) is 5.69 Å². The fourth-order valence-electron chi connectivity index (χ4n) is 1.27. The van der Waals surface area contributed by atoms with Crippen LogP contribution < -0.4 is 0 Å². The minimum atomic E-state index is 0.594. The number of nitrogens with zero attached hydrogens (tertiary/aromatic N) is 3. The van der Waals surface area contributed by atoms with Gasteiger partial charge in [0.2, 0.25) is 0 Å². The molecule has 64 valence electrons. The van der Waals surface area contributed by atoms with Gasteiger partial charge in [0.15, 0.2) is 0 Å². The van der Waals surface area contributed by atoms with Crippen LogP contribution in [0.15, 0.2) is 22.8 Å². The molecule has 0 bridgehead atoms. The molecule has 0 radical (unpaired) electrons. The molecule has 0 N–H and O–H groups in total. The molecule has 0 aromatic carbocycles. The average Bonchev–Trinajstić information content (AvgIpc) is 2.40. The second-order valence-corrected chi connectivity index (χ2v) is 3.65. The van der Waals surface area contributed by atoms with Crippen molar-refractivity contribution in [3.63, 3.8) is 0 Å². The number of aromatic nitrogens is 2. The molecule has 4 heteroatoms. The van der Waals surface area contributed by atoms with Gasteiger partial charge in [-0.2, -0.15) is 5.26 Å². The second kappa shape index (κ2) is 2.86. The maximum Gasteiger partial charge on any atom is 0.147 e. The van der Waals surface area contributed by atoms with Crippen molar-refractivity contribution in [2.24, 2.45) is 0 Å². The molecule has 0 aliphatic rings. The van der Waals surface area contributed by atoms with Gasteiger partial charge in [0.05, 0.1) is 5.69 Å². The molecule has 13 heavy (non-hydrogen) atoms. The Bertz CT molecular complexity index is 507. The fourth-order valence-corrected chi connectivity index (χ4v) is 1.61. The lowest BCUT2D eigenvalue weighted by Gasteiger charge is -1.94. The maximum atomic E-state index is 8.87. The van der Waals surface area contributed by atoms with E-state index in [9.17, 15) is 0 Å². The summed E-state index contributed by atoms with van der Waals surface area (Å²) in [5.41, 5.74) is 2.16. The smallest absolute Gasteiger partial charge is 0.147 e. The predicted octanol–water partition coefficient (Wildman–Crippen LogP) is 2.28. The molecule has 2 aromatic rings. The number of rotatable bonds is 0. The van der Waals surface area contributed by atoms with Crippen molar-refractivity contribution < 1.29 is 0 Å². The number of nitriles is 1. The van der Waals surface area contributed by atoms with Gasteiger partial charge in [-0.05, 0) is 35.0 Å². The van der Waals surface area contributed by atoms with Crippen molar-refractivity contribution in [1.82, 2.24) is 9.38 Å². The molecule has 0 aliphatic heterocycles. The van der Waals surface area contributed by atoms with Gasteiger partial charge in [0.1, 0.15) is 17.4 Å². The first-order valence-corrected chi connectivity index (χ1v) is 4.56. The van der Waals surface area contributed by atoms with Gasteiger partial charge in [-0.3, -0.25) is 4.40 Å². The van der Waals surface area contributed by atoms with Gasteiger partial charge in [0, 0.05) is 10.7 Å². The quantitative estimate of drug-likeness (QED) is 0.704. The highest BCUT2D eigenvalue weighted by atomic mass is 79.9. The second-order valence-electron chi connectivity index (χ2n) is 2.73. The molecule has 0 unspecified atom stereocenters. The molecule has 0 saturated heterocycles. The SMILES string of the molecule is Cc1nc2ccc(Br)cn2c1C#N. The average molecular weight is 236 g/mol. The number of pyridine rings is 1. The summed E-state index contributed by atoms with van der Waals surface area (Å²) in [4.78, 5) is 4.24. The van der Waals surface area contributed by atoms with Crippen molar-refractivity contribution in [2.75, 3.05) is 0 Å². The van der Waals surface area contributed by atoms with E-state index in [1.165, 1.54) is 0 Å². The first kappa shape index (κ1) is 8.27. The Labute approximate surface area is 83.8 Å². The maximum absolute atomic E-state index is 8.87. The summed E-state index contributed by atoms with van der Waals surface area (Å²) < 4.78 is 2.72. The highest BCUT2D eigenvalue weighted by molar-refractivity contribution is 9.10. The summed E-state index contributed by atoms with van der Waals surface area (Å²) in [6.45, 7) is 1.83. The molecule has 2 aromatic heterocycles. The molecule has 3 nitrogen and oxygen atoms in total. The lowest BCUT2D eigenvalue weighted by atomic mass is 10.4. The van der Waals surface area contributed by atoms with Gasteiger partial charge in [0.25, 0.3) is 0 Å². The van der Waals surface area contributed by atoms with E-state index in [1.807, 2.05) is 25.3 Å². The summed E-state index contributed by atoms with van der Waals surface area (Å²) in [5, 5.41) is 8.87. The zero-order chi connectivity index (χ0) is 9.42. The number of hydrogen-bond acceptors (Lipinski definition) is 2. The highest BCUT2D eigenvalue weighted by Gasteiger charge is 2.06. The van der Waals surface area contributed by atoms with Crippen LogP contribution in [0, 0.1) is 18.3 Å². The summed E-state index contributed by atoms with van der Waals surface area (Å²) in [6.07, 6.45) is 1.84. The molecule has 0 aliphatic carbocycles. The molecular formula is C9H6BrN3. The summed E-state index contributed by atoms with van der Waals surface area (Å²) in [7, 11) is 0. The Balaban J connectivity index is 2.91. The fraction of sp³-hybridized carbons (Fsp3) is 0.111. The van der Waals surface area contributed by atoms with Crippen LogP contribution in [0.2, 0.25) is 0 Å². The van der Waals surface area contributed by atoms with E-state index in [0.717, 1.165) is 15.8 Å². The Morgan fingerprint density at radius 2 is 2.31 bits per heavy atom. The Kier molecular flexibility index (Phi) is 1.82.